The molecule has 1 aliphatic heterocycles. The lowest BCUT2D eigenvalue weighted by Gasteiger charge is -2.40. The van der Waals surface area contributed by atoms with Crippen LogP contribution in [0.15, 0.2) is 54.9 Å². The van der Waals surface area contributed by atoms with Gasteiger partial charge in [0.25, 0.3) is 0 Å². The predicted molar refractivity (Wildman–Crippen MR) is 107 cm³/mol. The van der Waals surface area contributed by atoms with Gasteiger partial charge in [-0.3, -0.25) is 14.3 Å². The maximum Gasteiger partial charge on any atom is 0.314 e. The van der Waals surface area contributed by atoms with Gasteiger partial charge in [-0.1, -0.05) is 42.5 Å². The Balaban J connectivity index is 1.73. The maximum atomic E-state index is 12.8. The molecule has 1 saturated heterocycles. The van der Waals surface area contributed by atoms with Crippen LogP contribution in [0.4, 0.5) is 0 Å². The van der Waals surface area contributed by atoms with Gasteiger partial charge in [-0.05, 0) is 37.8 Å². The second-order valence-electron chi connectivity index (χ2n) is 7.14. The molecule has 3 rings (SSSR count). The molecule has 6 nitrogen and oxygen atoms in total. The summed E-state index contributed by atoms with van der Waals surface area (Å²) in [6.45, 7) is 3.37. The van der Waals surface area contributed by atoms with Crippen LogP contribution in [0.2, 0.25) is 0 Å². The van der Waals surface area contributed by atoms with Gasteiger partial charge in [0.15, 0.2) is 0 Å². The number of carbonyl (C=O) groups excluding carboxylic acids is 2. The van der Waals surface area contributed by atoms with E-state index in [0.717, 1.165) is 18.4 Å². The maximum absolute atomic E-state index is 12.8. The number of aromatic nitrogens is 2. The van der Waals surface area contributed by atoms with E-state index in [4.69, 9.17) is 4.74 Å². The fourth-order valence-electron chi connectivity index (χ4n) is 3.66. The number of piperidine rings is 1. The highest BCUT2D eigenvalue weighted by Gasteiger charge is 2.43. The van der Waals surface area contributed by atoms with E-state index in [1.165, 1.54) is 0 Å². The van der Waals surface area contributed by atoms with E-state index in [9.17, 15) is 9.59 Å². The highest BCUT2D eigenvalue weighted by Crippen LogP contribution is 2.36. The topological polar surface area (TPSA) is 64.4 Å². The molecule has 0 N–H and O–H groups in total. The first-order valence-corrected chi connectivity index (χ1v) is 9.77. The zero-order valence-corrected chi connectivity index (χ0v) is 16.3. The molecule has 1 fully saturated rings. The predicted octanol–water partition coefficient (Wildman–Crippen LogP) is 3.16. The molecule has 1 amide bonds. The number of esters is 1. The number of amides is 1. The molecule has 0 spiro atoms. The summed E-state index contributed by atoms with van der Waals surface area (Å²) in [5.41, 5.74) is 0.392. The number of carbonyl (C=O) groups is 2. The van der Waals surface area contributed by atoms with Crippen molar-refractivity contribution in [1.29, 1.82) is 0 Å². The van der Waals surface area contributed by atoms with Crippen molar-refractivity contribution in [2.45, 2.75) is 32.7 Å². The molecule has 1 aromatic heterocycles. The molecule has 0 unspecified atom stereocenters. The zero-order chi connectivity index (χ0) is 19.8. The second kappa shape index (κ2) is 9.35. The number of allylic oxidation sites excluding steroid dienone is 1. The van der Waals surface area contributed by atoms with Gasteiger partial charge in [0.2, 0.25) is 5.91 Å². The van der Waals surface area contributed by atoms with Gasteiger partial charge < -0.3 is 9.64 Å². The average Bonchev–Trinajstić information content (AvgIpc) is 3.22. The van der Waals surface area contributed by atoms with Gasteiger partial charge >= 0.3 is 5.97 Å². The van der Waals surface area contributed by atoms with E-state index in [-0.39, 0.29) is 18.4 Å². The highest BCUT2D eigenvalue weighted by molar-refractivity contribution is 5.81. The first-order valence-electron chi connectivity index (χ1n) is 9.77. The third-order valence-electron chi connectivity index (χ3n) is 5.11. The molecule has 0 saturated carbocycles. The van der Waals surface area contributed by atoms with Crippen LogP contribution in [0.25, 0.3) is 6.08 Å². The first kappa shape index (κ1) is 19.9. The van der Waals surface area contributed by atoms with Crippen molar-refractivity contribution in [2.24, 2.45) is 5.41 Å². The first-order chi connectivity index (χ1) is 13.6. The molecule has 28 heavy (non-hydrogen) atoms. The van der Waals surface area contributed by atoms with Crippen molar-refractivity contribution < 1.29 is 14.3 Å². The minimum absolute atomic E-state index is 0.0240. The molecule has 2 aromatic rings. The van der Waals surface area contributed by atoms with Crippen molar-refractivity contribution in [3.63, 3.8) is 0 Å². The van der Waals surface area contributed by atoms with Crippen LogP contribution >= 0.6 is 0 Å². The molecule has 0 radical (unpaired) electrons. The van der Waals surface area contributed by atoms with Crippen molar-refractivity contribution in [3.05, 3.63) is 60.4 Å². The summed E-state index contributed by atoms with van der Waals surface area (Å²) >= 11 is 0. The summed E-state index contributed by atoms with van der Waals surface area (Å²) in [6.07, 6.45) is 9.51. The van der Waals surface area contributed by atoms with E-state index in [1.807, 2.05) is 49.4 Å². The monoisotopic (exact) mass is 381 g/mol. The van der Waals surface area contributed by atoms with Crippen molar-refractivity contribution in [2.75, 3.05) is 19.7 Å². The van der Waals surface area contributed by atoms with Gasteiger partial charge in [0.1, 0.15) is 6.54 Å². The number of hydrogen-bond donors (Lipinski definition) is 0. The van der Waals surface area contributed by atoms with Crippen LogP contribution < -0.4 is 0 Å². The van der Waals surface area contributed by atoms with Crippen LogP contribution in [0.1, 0.15) is 31.7 Å². The van der Waals surface area contributed by atoms with Crippen LogP contribution in [0, 0.1) is 5.41 Å². The number of ether oxygens (including phenoxy) is 1. The second-order valence-corrected chi connectivity index (χ2v) is 7.14. The molecule has 148 valence electrons. The fourth-order valence-corrected chi connectivity index (χ4v) is 3.66. The summed E-state index contributed by atoms with van der Waals surface area (Å²) in [7, 11) is 0. The molecule has 1 aliphatic rings. The quantitative estimate of drug-likeness (QED) is 0.691. The van der Waals surface area contributed by atoms with Crippen molar-refractivity contribution in [1.82, 2.24) is 14.7 Å². The van der Waals surface area contributed by atoms with Crippen LogP contribution in [0.5, 0.6) is 0 Å². The van der Waals surface area contributed by atoms with E-state index < -0.39 is 5.41 Å². The third kappa shape index (κ3) is 4.88. The Kier molecular flexibility index (Phi) is 6.63. The Bertz CT molecular complexity index is 802. The summed E-state index contributed by atoms with van der Waals surface area (Å²) in [5.74, 6) is -0.242. The van der Waals surface area contributed by atoms with E-state index >= 15 is 0 Å². The Morgan fingerprint density at radius 3 is 2.79 bits per heavy atom. The minimum atomic E-state index is -0.695. The molecule has 1 atom stereocenters. The molecular formula is C22H27N3O3. The van der Waals surface area contributed by atoms with Crippen molar-refractivity contribution in [3.8, 4) is 0 Å². The lowest BCUT2D eigenvalue weighted by atomic mass is 9.76. The summed E-state index contributed by atoms with van der Waals surface area (Å²) in [5, 5.41) is 4.10. The van der Waals surface area contributed by atoms with Crippen LogP contribution in [0.3, 0.4) is 0 Å². The number of likely N-dealkylation sites (tertiary alicyclic amines) is 1. The van der Waals surface area contributed by atoms with E-state index in [0.29, 0.717) is 26.1 Å². The number of nitrogens with zero attached hydrogens (tertiary/aromatic N) is 3. The van der Waals surface area contributed by atoms with E-state index in [1.54, 1.807) is 28.0 Å². The lowest BCUT2D eigenvalue weighted by molar-refractivity contribution is -0.160. The number of rotatable bonds is 7. The summed E-state index contributed by atoms with van der Waals surface area (Å²) < 4.78 is 7.00. The molecule has 0 aliphatic carbocycles. The molecule has 1 aromatic carbocycles. The third-order valence-corrected chi connectivity index (χ3v) is 5.11. The van der Waals surface area contributed by atoms with Crippen LogP contribution in [-0.2, 0) is 20.9 Å². The van der Waals surface area contributed by atoms with Gasteiger partial charge in [-0.25, -0.2) is 0 Å². The largest absolute Gasteiger partial charge is 0.466 e. The molecule has 0 bridgehead atoms. The molecule has 6 heteroatoms. The fraction of sp³-hybridized carbons (Fsp3) is 0.409. The highest BCUT2D eigenvalue weighted by atomic mass is 16.5. The average molecular weight is 381 g/mol. The number of hydrogen-bond acceptors (Lipinski definition) is 4. The Morgan fingerprint density at radius 2 is 2.07 bits per heavy atom. The summed E-state index contributed by atoms with van der Waals surface area (Å²) in [6, 6.07) is 11.8. The van der Waals surface area contributed by atoms with E-state index in [2.05, 4.69) is 5.10 Å². The lowest BCUT2D eigenvalue weighted by Crippen LogP contribution is -2.51. The van der Waals surface area contributed by atoms with Gasteiger partial charge in [-0.15, -0.1) is 0 Å². The smallest absolute Gasteiger partial charge is 0.314 e. The molecular weight excluding hydrogens is 354 g/mol. The van der Waals surface area contributed by atoms with Gasteiger partial charge in [-0.2, -0.15) is 5.10 Å². The van der Waals surface area contributed by atoms with Crippen molar-refractivity contribution >= 4 is 18.0 Å². The number of benzene rings is 1. The zero-order valence-electron chi connectivity index (χ0n) is 16.3. The Hall–Kier alpha value is -2.89. The minimum Gasteiger partial charge on any atom is -0.466 e. The SMILES string of the molecule is CCOC(=O)[C@]1(C/C=C/c2ccccc2)CCCN(C(=O)Cn2cccn2)C1. The van der Waals surface area contributed by atoms with Gasteiger partial charge in [0, 0.05) is 25.5 Å². The van der Waals surface area contributed by atoms with Crippen LogP contribution in [-0.4, -0.2) is 46.3 Å². The Morgan fingerprint density at radius 1 is 1.25 bits per heavy atom. The van der Waals surface area contributed by atoms with Gasteiger partial charge in [0.05, 0.1) is 12.0 Å². The summed E-state index contributed by atoms with van der Waals surface area (Å²) in [4.78, 5) is 27.3. The molecule has 2 heterocycles. The normalized spacial score (nSPS) is 19.7. The standard InChI is InChI=1S/C22H27N3O3/c1-2-28-21(27)22(12-6-11-19-9-4-3-5-10-19)13-7-15-24(18-22)20(26)17-25-16-8-14-23-25/h3-6,8-11,14,16H,2,7,12-13,15,17-18H2,1H3/b11-6+/t22-/m1/s1. The Labute approximate surface area is 165 Å².